The maximum absolute atomic E-state index is 5.50. The average Bonchev–Trinajstić information content (AvgIpc) is 3.00. The van der Waals surface area contributed by atoms with Crippen LogP contribution in [-0.2, 0) is 24.2 Å². The lowest BCUT2D eigenvalue weighted by molar-refractivity contribution is 0.167. The van der Waals surface area contributed by atoms with Crippen LogP contribution in [-0.4, -0.2) is 47.9 Å². The highest BCUT2D eigenvalue weighted by atomic mass is 35.5. The number of nitrogens with zero attached hydrogens (tertiary/aromatic N) is 3. The molecule has 2 fully saturated rings. The summed E-state index contributed by atoms with van der Waals surface area (Å²) in [6, 6.07) is 2.84. The van der Waals surface area contributed by atoms with Crippen LogP contribution in [0.25, 0.3) is 0 Å². The first-order valence-corrected chi connectivity index (χ1v) is 10.00. The molecule has 2 aliphatic rings. The fourth-order valence-corrected chi connectivity index (χ4v) is 4.68. The second-order valence-corrected chi connectivity index (χ2v) is 8.00. The van der Waals surface area contributed by atoms with Crippen LogP contribution in [0.2, 0.25) is 0 Å². The third-order valence-electron chi connectivity index (χ3n) is 5.53. The number of nitrogens with one attached hydrogen (secondary N) is 1. The van der Waals surface area contributed by atoms with Crippen LogP contribution >= 0.6 is 23.7 Å². The smallest absolute Gasteiger partial charge is 0.240 e. The Kier molecular flexibility index (Phi) is 6.69. The lowest BCUT2D eigenvalue weighted by atomic mass is 9.93. The van der Waals surface area contributed by atoms with Gasteiger partial charge >= 0.3 is 0 Å². The van der Waals surface area contributed by atoms with E-state index in [2.05, 4.69) is 37.2 Å². The zero-order valence-electron chi connectivity index (χ0n) is 15.1. The quantitative estimate of drug-likeness (QED) is 0.737. The third kappa shape index (κ3) is 4.46. The number of rotatable bonds is 8. The van der Waals surface area contributed by atoms with Crippen molar-refractivity contribution in [2.75, 3.05) is 26.8 Å². The Balaban J connectivity index is 0.00000196. The minimum Gasteiger partial charge on any atom is -0.384 e. The van der Waals surface area contributed by atoms with Crippen molar-refractivity contribution in [1.82, 2.24) is 20.4 Å². The van der Waals surface area contributed by atoms with Crippen LogP contribution in [0.5, 0.6) is 0 Å². The second kappa shape index (κ2) is 8.80. The Hall–Kier alpha value is -0.990. The molecule has 0 amide bonds. The molecule has 0 aromatic carbocycles. The summed E-state index contributed by atoms with van der Waals surface area (Å²) >= 11 is 1.76. The number of halogens is 1. The molecule has 0 bridgehead atoms. The van der Waals surface area contributed by atoms with Gasteiger partial charge in [-0.2, -0.15) is 16.3 Å². The van der Waals surface area contributed by atoms with Gasteiger partial charge in [0.05, 0.1) is 13.2 Å². The highest BCUT2D eigenvalue weighted by Crippen LogP contribution is 2.56. The van der Waals surface area contributed by atoms with Gasteiger partial charge in [0, 0.05) is 26.1 Å². The van der Waals surface area contributed by atoms with E-state index in [1.165, 1.54) is 24.8 Å². The van der Waals surface area contributed by atoms with Crippen molar-refractivity contribution in [3.05, 3.63) is 34.1 Å². The van der Waals surface area contributed by atoms with Crippen LogP contribution in [0.1, 0.15) is 36.5 Å². The van der Waals surface area contributed by atoms with Crippen molar-refractivity contribution >= 4 is 23.7 Å². The number of aromatic nitrogens is 2. The van der Waals surface area contributed by atoms with Gasteiger partial charge in [-0.3, -0.25) is 4.90 Å². The summed E-state index contributed by atoms with van der Waals surface area (Å²) in [5.41, 5.74) is 1.88. The molecule has 1 saturated heterocycles. The van der Waals surface area contributed by atoms with Crippen molar-refractivity contribution in [1.29, 1.82) is 0 Å². The van der Waals surface area contributed by atoms with Gasteiger partial charge < -0.3 is 14.6 Å². The van der Waals surface area contributed by atoms with Crippen molar-refractivity contribution in [2.24, 2.45) is 5.41 Å². The minimum absolute atomic E-state index is 0. The summed E-state index contributed by atoms with van der Waals surface area (Å²) in [6.45, 7) is 4.60. The number of ether oxygens (including phenoxy) is 1. The molecular formula is C18H27ClN4O2S. The molecule has 1 aliphatic heterocycles. The van der Waals surface area contributed by atoms with Crippen LogP contribution in [0.3, 0.4) is 0 Å². The van der Waals surface area contributed by atoms with Gasteiger partial charge in [-0.05, 0) is 60.2 Å². The molecular weight excluding hydrogens is 372 g/mol. The summed E-state index contributed by atoms with van der Waals surface area (Å²) in [4.78, 5) is 7.09. The van der Waals surface area contributed by atoms with E-state index in [0.29, 0.717) is 24.5 Å². The lowest BCUT2D eigenvalue weighted by Crippen LogP contribution is -2.35. The lowest BCUT2D eigenvalue weighted by Gasteiger charge is -2.28. The van der Waals surface area contributed by atoms with Crippen LogP contribution in [0.4, 0.5) is 0 Å². The molecule has 6 nitrogen and oxygen atoms in total. The average molecular weight is 399 g/mol. The predicted molar refractivity (Wildman–Crippen MR) is 104 cm³/mol. The summed E-state index contributed by atoms with van der Waals surface area (Å²) in [5, 5.41) is 12.0. The van der Waals surface area contributed by atoms with Crippen molar-refractivity contribution in [3.8, 4) is 0 Å². The number of thiophene rings is 1. The van der Waals surface area contributed by atoms with Gasteiger partial charge in [-0.15, -0.1) is 12.4 Å². The molecule has 2 aromatic rings. The standard InChI is InChI=1S/C18H26N4O2S.ClH/c1-23-8-2-16-20-17(24-21-16)12-22(11-14-3-9-25-13-14)15-10-18(15)4-6-19-7-5-18;/h3,9,13,15,19H,2,4-8,10-12H2,1H3;1H. The van der Waals surface area contributed by atoms with E-state index in [-0.39, 0.29) is 12.4 Å². The van der Waals surface area contributed by atoms with Gasteiger partial charge in [-0.1, -0.05) is 5.16 Å². The molecule has 1 N–H and O–H groups in total. The summed E-state index contributed by atoms with van der Waals surface area (Å²) in [6.07, 6.45) is 4.55. The topological polar surface area (TPSA) is 63.4 Å². The Labute approximate surface area is 164 Å². The molecule has 1 saturated carbocycles. The SMILES string of the molecule is COCCc1noc(CN(Cc2ccsc2)C2CC23CCNCC3)n1.Cl. The van der Waals surface area contributed by atoms with Gasteiger partial charge in [0.1, 0.15) is 0 Å². The molecule has 2 aromatic heterocycles. The molecule has 3 heterocycles. The normalized spacial score (nSPS) is 21.1. The van der Waals surface area contributed by atoms with Crippen molar-refractivity contribution in [2.45, 2.75) is 44.8 Å². The monoisotopic (exact) mass is 398 g/mol. The van der Waals surface area contributed by atoms with Crippen LogP contribution < -0.4 is 5.32 Å². The maximum Gasteiger partial charge on any atom is 0.240 e. The highest BCUT2D eigenvalue weighted by molar-refractivity contribution is 7.07. The molecule has 0 radical (unpaired) electrons. The third-order valence-corrected chi connectivity index (χ3v) is 6.26. The van der Waals surface area contributed by atoms with Crippen molar-refractivity contribution < 1.29 is 9.26 Å². The first-order valence-electron chi connectivity index (χ1n) is 9.05. The molecule has 1 aliphatic carbocycles. The Morgan fingerprint density at radius 1 is 1.38 bits per heavy atom. The molecule has 1 unspecified atom stereocenters. The van der Waals surface area contributed by atoms with Crippen LogP contribution in [0, 0.1) is 5.41 Å². The fraction of sp³-hybridized carbons (Fsp3) is 0.667. The molecule has 8 heteroatoms. The molecule has 1 atom stereocenters. The van der Waals surface area contributed by atoms with Gasteiger partial charge in [-0.25, -0.2) is 0 Å². The molecule has 26 heavy (non-hydrogen) atoms. The van der Waals surface area contributed by atoms with Crippen LogP contribution in [0.15, 0.2) is 21.3 Å². The Morgan fingerprint density at radius 3 is 2.96 bits per heavy atom. The zero-order valence-corrected chi connectivity index (χ0v) is 16.8. The minimum atomic E-state index is 0. The van der Waals surface area contributed by atoms with E-state index in [1.54, 1.807) is 18.4 Å². The Bertz CT molecular complexity index is 673. The van der Waals surface area contributed by atoms with Crippen molar-refractivity contribution in [3.63, 3.8) is 0 Å². The zero-order chi connectivity index (χ0) is 17.1. The second-order valence-electron chi connectivity index (χ2n) is 7.22. The number of hydrogen-bond acceptors (Lipinski definition) is 7. The summed E-state index contributed by atoms with van der Waals surface area (Å²) < 4.78 is 10.6. The van der Waals surface area contributed by atoms with E-state index in [9.17, 15) is 0 Å². The number of methoxy groups -OCH3 is 1. The van der Waals surface area contributed by atoms with E-state index >= 15 is 0 Å². The summed E-state index contributed by atoms with van der Waals surface area (Å²) in [5.74, 6) is 1.46. The van der Waals surface area contributed by atoms with E-state index in [0.717, 1.165) is 37.9 Å². The molecule has 144 valence electrons. The van der Waals surface area contributed by atoms with E-state index in [1.807, 2.05) is 0 Å². The Morgan fingerprint density at radius 2 is 2.23 bits per heavy atom. The highest BCUT2D eigenvalue weighted by Gasteiger charge is 2.56. The fourth-order valence-electron chi connectivity index (χ4n) is 4.02. The first-order chi connectivity index (χ1) is 12.3. The number of hydrogen-bond donors (Lipinski definition) is 1. The first kappa shape index (κ1) is 19.8. The predicted octanol–water partition coefficient (Wildman–Crippen LogP) is 2.89. The van der Waals surface area contributed by atoms with Gasteiger partial charge in [0.25, 0.3) is 0 Å². The van der Waals surface area contributed by atoms with Gasteiger partial charge in [0.2, 0.25) is 5.89 Å². The molecule has 1 spiro atoms. The summed E-state index contributed by atoms with van der Waals surface area (Å²) in [7, 11) is 1.69. The van der Waals surface area contributed by atoms with Gasteiger partial charge in [0.15, 0.2) is 5.82 Å². The van der Waals surface area contributed by atoms with E-state index in [4.69, 9.17) is 9.26 Å². The largest absolute Gasteiger partial charge is 0.384 e. The van der Waals surface area contributed by atoms with E-state index < -0.39 is 0 Å². The molecule has 4 rings (SSSR count). The maximum atomic E-state index is 5.50. The number of piperidine rings is 1.